The van der Waals surface area contributed by atoms with Crippen LogP contribution in [0.4, 0.5) is 13.6 Å². The molecule has 7 atom stereocenters. The fourth-order valence-corrected chi connectivity index (χ4v) is 11.9. The minimum Gasteiger partial charge on any atom is -0.465 e. The molecule has 16 nitrogen and oxygen atoms in total. The quantitative estimate of drug-likeness (QED) is 0.153. The number of hydrogen-bond donors (Lipinski definition) is 2. The Hall–Kier alpha value is -5.79. The van der Waals surface area contributed by atoms with Crippen LogP contribution in [0.5, 0.6) is 0 Å². The molecule has 2 fully saturated rings. The summed E-state index contributed by atoms with van der Waals surface area (Å²) in [5, 5.41) is 7.28. The lowest BCUT2D eigenvalue weighted by Crippen LogP contribution is -2.66. The number of carbonyl (C=O) groups excluding carboxylic acids is 5. The van der Waals surface area contributed by atoms with Crippen molar-refractivity contribution in [3.8, 4) is 22.5 Å². The Morgan fingerprint density at radius 3 is 2.52 bits per heavy atom. The summed E-state index contributed by atoms with van der Waals surface area (Å²) in [6.45, 7) is 17.5. The standard InChI is InChI=1S/C50H63F2N9O7S/c1-11-38(62)58-23-28(5)61(29(6)24-58)48(66)57(9)43(27(3)4)46(64)55-33-21-37-54-34(25-69-37)30-15-16-35-32(20-30)40-41(45(67-10)42-31(14-13-18-53-42)44(40)59(35)12-2)49(7,8)26-68-39(63)22-36-50(51,52)17-19-60(56-36)47(33)65/h11,13-16,18,20,25,27-29,33,36,41,43,45,56H,1,12,17,19,21-24,26H2,2-10H3,(H,55,64)/t28-,29-,33+,36-,41?,43+,45+/m1/s1. The number of urea groups is 1. The number of aromatic nitrogens is 3. The number of amides is 5. The number of esters is 1. The summed E-state index contributed by atoms with van der Waals surface area (Å²) in [6, 6.07) is 4.70. The number of aryl methyl sites for hydroxylation is 1. The molecule has 6 heterocycles. The first-order chi connectivity index (χ1) is 32.7. The number of alkyl halides is 2. The number of benzene rings is 1. The number of cyclic esters (lactones) is 1. The number of methoxy groups -OCH3 is 1. The molecule has 0 radical (unpaired) electrons. The number of halogens is 2. The number of hydrogen-bond acceptors (Lipinski definition) is 11. The number of rotatable bonds is 7. The number of hydrazine groups is 1. The molecule has 4 aliphatic rings. The molecule has 8 rings (SSSR count). The summed E-state index contributed by atoms with van der Waals surface area (Å²) < 4.78 is 46.1. The maximum atomic E-state index is 15.8. The first kappa shape index (κ1) is 49.6. The normalized spacial score (nSPS) is 25.0. The molecule has 6 bridgehead atoms. The Kier molecular flexibility index (Phi) is 13.8. The Labute approximate surface area is 405 Å². The molecule has 1 unspecified atom stereocenters. The Balaban J connectivity index is 1.18. The number of nitrogens with zero attached hydrogens (tertiary/aromatic N) is 7. The maximum absolute atomic E-state index is 15.8. The van der Waals surface area contributed by atoms with Gasteiger partial charge in [-0.25, -0.2) is 24.0 Å². The number of pyridine rings is 1. The molecule has 1 aromatic carbocycles. The van der Waals surface area contributed by atoms with E-state index >= 15 is 8.78 Å². The third kappa shape index (κ3) is 9.13. The second-order valence-corrected chi connectivity index (χ2v) is 20.8. The number of nitrogens with one attached hydrogen (secondary N) is 2. The lowest BCUT2D eigenvalue weighted by molar-refractivity contribution is -0.164. The molecule has 3 aromatic heterocycles. The van der Waals surface area contributed by atoms with Gasteiger partial charge in [-0.05, 0) is 62.6 Å². The van der Waals surface area contributed by atoms with Gasteiger partial charge < -0.3 is 34.1 Å². The number of ether oxygens (including phenoxy) is 2. The monoisotopic (exact) mass is 971 g/mol. The molecular formula is C50H63F2N9O7S. The minimum atomic E-state index is -3.40. The summed E-state index contributed by atoms with van der Waals surface area (Å²) in [4.78, 5) is 84.3. The molecule has 19 heteroatoms. The van der Waals surface area contributed by atoms with Crippen molar-refractivity contribution in [2.45, 2.75) is 122 Å². The van der Waals surface area contributed by atoms with Crippen molar-refractivity contribution < 1.29 is 42.2 Å². The number of thiazole rings is 1. The van der Waals surface area contributed by atoms with E-state index in [9.17, 15) is 24.0 Å². The van der Waals surface area contributed by atoms with Crippen molar-refractivity contribution in [2.24, 2.45) is 11.3 Å². The molecule has 0 spiro atoms. The van der Waals surface area contributed by atoms with Crippen LogP contribution in [0.25, 0.3) is 33.4 Å². The van der Waals surface area contributed by atoms with E-state index in [1.807, 2.05) is 51.3 Å². The maximum Gasteiger partial charge on any atom is 0.321 e. The number of likely N-dealkylation sites (N-methyl/N-ethyl adjacent to an activating group) is 1. The predicted molar refractivity (Wildman–Crippen MR) is 257 cm³/mol. The molecule has 370 valence electrons. The summed E-state index contributed by atoms with van der Waals surface area (Å²) in [7, 11) is 3.16. The second-order valence-electron chi connectivity index (χ2n) is 19.9. The summed E-state index contributed by atoms with van der Waals surface area (Å²) >= 11 is 1.30. The number of fused-ring (bicyclic) bond motifs is 8. The van der Waals surface area contributed by atoms with E-state index in [0.717, 1.165) is 44.0 Å². The summed E-state index contributed by atoms with van der Waals surface area (Å²) in [5.41, 5.74) is 7.85. The zero-order chi connectivity index (χ0) is 49.9. The highest BCUT2D eigenvalue weighted by atomic mass is 32.1. The second kappa shape index (κ2) is 19.2. The zero-order valence-corrected chi connectivity index (χ0v) is 41.6. The number of piperazine rings is 1. The van der Waals surface area contributed by atoms with Gasteiger partial charge in [-0.15, -0.1) is 11.3 Å². The van der Waals surface area contributed by atoms with Gasteiger partial charge in [0.25, 0.3) is 11.8 Å². The zero-order valence-electron chi connectivity index (χ0n) is 40.8. The van der Waals surface area contributed by atoms with Crippen molar-refractivity contribution in [1.82, 2.24) is 45.0 Å². The van der Waals surface area contributed by atoms with Crippen molar-refractivity contribution in [3.05, 3.63) is 70.8 Å². The summed E-state index contributed by atoms with van der Waals surface area (Å²) in [5.74, 6) is -6.70. The van der Waals surface area contributed by atoms with Crippen LogP contribution in [0.1, 0.15) is 89.6 Å². The molecule has 69 heavy (non-hydrogen) atoms. The number of carbonyl (C=O) groups is 5. The lowest BCUT2D eigenvalue weighted by atomic mass is 9.67. The fraction of sp³-hybridized carbons (Fsp3) is 0.540. The van der Waals surface area contributed by atoms with E-state index in [0.29, 0.717) is 17.2 Å². The van der Waals surface area contributed by atoms with E-state index in [1.54, 1.807) is 37.0 Å². The molecule has 1 aliphatic carbocycles. The first-order valence-corrected chi connectivity index (χ1v) is 24.6. The highest BCUT2D eigenvalue weighted by Gasteiger charge is 2.50. The van der Waals surface area contributed by atoms with Crippen LogP contribution in [-0.4, -0.2) is 140 Å². The van der Waals surface area contributed by atoms with Crippen molar-refractivity contribution >= 4 is 52.0 Å². The van der Waals surface area contributed by atoms with Crippen LogP contribution >= 0.6 is 11.3 Å². The average Bonchev–Trinajstić information content (AvgIpc) is 3.91. The highest BCUT2D eigenvalue weighted by molar-refractivity contribution is 7.10. The van der Waals surface area contributed by atoms with Gasteiger partial charge in [0.05, 0.1) is 35.1 Å². The third-order valence-electron chi connectivity index (χ3n) is 14.3. The SMILES string of the molecule is C=CC(=O)N1C[C@@H](C)N(C(=O)N(C)[C@H](C(=O)N[C@H]2Cc3nc(cs3)-c3ccc4c(c3)c3c(n4CC)-c4cccnc4[C@@H](OC)C3C(C)(C)COC(=O)C[C@H]3NN(CCC3(F)F)C2=O)C(C)C)[C@H](C)C1. The van der Waals surface area contributed by atoms with Crippen LogP contribution in [0.2, 0.25) is 0 Å². The predicted octanol–water partition coefficient (Wildman–Crippen LogP) is 6.56. The third-order valence-corrected chi connectivity index (χ3v) is 15.2. The average molecular weight is 972 g/mol. The van der Waals surface area contributed by atoms with Crippen molar-refractivity contribution in [2.75, 3.05) is 40.4 Å². The lowest BCUT2D eigenvalue weighted by Gasteiger charge is -2.46. The van der Waals surface area contributed by atoms with Crippen LogP contribution in [0.3, 0.4) is 0 Å². The van der Waals surface area contributed by atoms with Gasteiger partial charge in [-0.3, -0.25) is 29.2 Å². The van der Waals surface area contributed by atoms with E-state index in [-0.39, 0.29) is 44.1 Å². The van der Waals surface area contributed by atoms with E-state index < -0.39 is 90.6 Å². The molecule has 4 aromatic rings. The van der Waals surface area contributed by atoms with Crippen LogP contribution in [0, 0.1) is 11.3 Å². The van der Waals surface area contributed by atoms with E-state index in [1.165, 1.54) is 29.4 Å². The molecule has 2 saturated heterocycles. The van der Waals surface area contributed by atoms with Gasteiger partial charge in [0.1, 0.15) is 24.2 Å². The highest BCUT2D eigenvalue weighted by Crippen LogP contribution is 2.57. The van der Waals surface area contributed by atoms with E-state index in [2.05, 4.69) is 40.9 Å². The Morgan fingerprint density at radius 1 is 1.13 bits per heavy atom. The Bertz CT molecular complexity index is 2660. The van der Waals surface area contributed by atoms with Gasteiger partial charge in [0.15, 0.2) is 0 Å². The van der Waals surface area contributed by atoms with E-state index in [4.69, 9.17) is 19.4 Å². The topological polar surface area (TPSA) is 172 Å². The van der Waals surface area contributed by atoms with Gasteiger partial charge >= 0.3 is 12.0 Å². The molecule has 5 amide bonds. The van der Waals surface area contributed by atoms with Crippen molar-refractivity contribution in [3.63, 3.8) is 0 Å². The fourth-order valence-electron chi connectivity index (χ4n) is 11.0. The Morgan fingerprint density at radius 2 is 1.86 bits per heavy atom. The van der Waals surface area contributed by atoms with Gasteiger partial charge in [-0.2, -0.15) is 0 Å². The molecular weight excluding hydrogens is 909 g/mol. The largest absolute Gasteiger partial charge is 0.465 e. The van der Waals surface area contributed by atoms with Crippen LogP contribution in [-0.2, 0) is 41.6 Å². The smallest absolute Gasteiger partial charge is 0.321 e. The summed E-state index contributed by atoms with van der Waals surface area (Å²) in [6.07, 6.45) is 0.813. The molecule has 3 aliphatic heterocycles. The van der Waals surface area contributed by atoms with Crippen LogP contribution in [0.15, 0.2) is 54.6 Å². The van der Waals surface area contributed by atoms with Crippen LogP contribution < -0.4 is 10.7 Å². The van der Waals surface area contributed by atoms with Gasteiger partial charge in [0.2, 0.25) is 11.8 Å². The first-order valence-electron chi connectivity index (χ1n) is 23.7. The van der Waals surface area contributed by atoms with Gasteiger partial charge in [-0.1, -0.05) is 40.3 Å². The molecule has 0 saturated carbocycles. The molecule has 2 N–H and O–H groups in total. The van der Waals surface area contributed by atoms with Gasteiger partial charge in [0, 0.05) is 110 Å². The minimum absolute atomic E-state index is 0.105. The van der Waals surface area contributed by atoms with Crippen molar-refractivity contribution in [1.29, 1.82) is 0 Å².